The van der Waals surface area contributed by atoms with Gasteiger partial charge in [-0.1, -0.05) is 53.5 Å². The Hall–Kier alpha value is -1.97. The van der Waals surface area contributed by atoms with E-state index in [4.69, 9.17) is 23.2 Å². The van der Waals surface area contributed by atoms with Crippen molar-refractivity contribution in [3.8, 4) is 11.3 Å². The number of rotatable bonds is 1. The summed E-state index contributed by atoms with van der Waals surface area (Å²) in [6.45, 7) is 4.10. The number of hydrogen-bond acceptors (Lipinski definition) is 2. The highest BCUT2D eigenvalue weighted by molar-refractivity contribution is 6.42. The molecule has 0 aliphatic carbocycles. The molecular weight excluding hydrogens is 329 g/mol. The Morgan fingerprint density at radius 3 is 2.70 bits per heavy atom. The van der Waals surface area contributed by atoms with Gasteiger partial charge in [0.15, 0.2) is 0 Å². The van der Waals surface area contributed by atoms with E-state index < -0.39 is 0 Å². The van der Waals surface area contributed by atoms with Gasteiger partial charge in [-0.15, -0.1) is 0 Å². The summed E-state index contributed by atoms with van der Waals surface area (Å²) in [5, 5.41) is 9.34. The SMILES string of the molecule is Cc1cc2n(n1)C(c1cccc(Cl)c1Cl)Nc1c(C)cccc1-2. The standard InChI is InChI=1S/C18H15Cl2N3/c1-10-5-3-6-12-15-9-11(2)22-23(15)18(21-17(10)12)13-7-4-8-14(19)16(13)20/h3-9,18,21H,1-2H3. The number of para-hydroxylation sites is 1. The van der Waals surface area contributed by atoms with Crippen LogP contribution < -0.4 is 5.32 Å². The van der Waals surface area contributed by atoms with Gasteiger partial charge < -0.3 is 5.32 Å². The fraction of sp³-hybridized carbons (Fsp3) is 0.167. The second kappa shape index (κ2) is 5.29. The Balaban J connectivity index is 1.97. The molecule has 23 heavy (non-hydrogen) atoms. The van der Waals surface area contributed by atoms with Crippen molar-refractivity contribution in [2.24, 2.45) is 0 Å². The molecule has 1 N–H and O–H groups in total. The molecule has 2 heterocycles. The topological polar surface area (TPSA) is 29.9 Å². The maximum absolute atomic E-state index is 6.45. The predicted molar refractivity (Wildman–Crippen MR) is 95.4 cm³/mol. The van der Waals surface area contributed by atoms with Crippen LogP contribution in [0.15, 0.2) is 42.5 Å². The van der Waals surface area contributed by atoms with Crippen molar-refractivity contribution in [1.29, 1.82) is 0 Å². The summed E-state index contributed by atoms with van der Waals surface area (Å²) in [6, 6.07) is 14.1. The Labute approximate surface area is 144 Å². The van der Waals surface area contributed by atoms with Crippen LogP contribution in [0.5, 0.6) is 0 Å². The number of fused-ring (bicyclic) bond motifs is 3. The number of aryl methyl sites for hydroxylation is 2. The third-order valence-corrected chi connectivity index (χ3v) is 5.04. The normalized spacial score (nSPS) is 15.7. The molecule has 1 aliphatic rings. The van der Waals surface area contributed by atoms with Gasteiger partial charge >= 0.3 is 0 Å². The van der Waals surface area contributed by atoms with Gasteiger partial charge in [-0.05, 0) is 31.5 Å². The number of aromatic nitrogens is 2. The molecule has 1 atom stereocenters. The molecule has 1 aromatic heterocycles. The lowest BCUT2D eigenvalue weighted by Gasteiger charge is -2.31. The number of anilines is 1. The molecule has 3 nitrogen and oxygen atoms in total. The maximum Gasteiger partial charge on any atom is 0.148 e. The van der Waals surface area contributed by atoms with Crippen LogP contribution in [0.2, 0.25) is 10.0 Å². The summed E-state index contributed by atoms with van der Waals surface area (Å²) in [5.41, 5.74) is 6.43. The van der Waals surface area contributed by atoms with Crippen LogP contribution >= 0.6 is 23.2 Å². The van der Waals surface area contributed by atoms with Gasteiger partial charge in [0.05, 0.1) is 21.4 Å². The van der Waals surface area contributed by atoms with Gasteiger partial charge in [0.1, 0.15) is 6.17 Å². The smallest absolute Gasteiger partial charge is 0.148 e. The molecule has 1 aliphatic heterocycles. The molecule has 5 heteroatoms. The molecular formula is C18H15Cl2N3. The average Bonchev–Trinajstić information content (AvgIpc) is 2.92. The van der Waals surface area contributed by atoms with Crippen LogP contribution in [0, 0.1) is 13.8 Å². The van der Waals surface area contributed by atoms with Crippen molar-refractivity contribution in [3.63, 3.8) is 0 Å². The van der Waals surface area contributed by atoms with Crippen molar-refractivity contribution in [3.05, 3.63) is 69.3 Å². The Morgan fingerprint density at radius 2 is 1.87 bits per heavy atom. The van der Waals surface area contributed by atoms with E-state index in [1.54, 1.807) is 6.07 Å². The third kappa shape index (κ3) is 2.23. The maximum atomic E-state index is 6.45. The first-order valence-electron chi connectivity index (χ1n) is 7.43. The highest BCUT2D eigenvalue weighted by Crippen LogP contribution is 2.42. The van der Waals surface area contributed by atoms with Crippen LogP contribution in [0.3, 0.4) is 0 Å². The lowest BCUT2D eigenvalue weighted by molar-refractivity contribution is 0.571. The van der Waals surface area contributed by atoms with Gasteiger partial charge in [0, 0.05) is 16.8 Å². The third-order valence-electron chi connectivity index (χ3n) is 4.21. The Kier molecular flexibility index (Phi) is 3.36. The van der Waals surface area contributed by atoms with Gasteiger partial charge in [0.2, 0.25) is 0 Å². The van der Waals surface area contributed by atoms with Crippen molar-refractivity contribution in [1.82, 2.24) is 9.78 Å². The van der Waals surface area contributed by atoms with E-state index in [1.807, 2.05) is 23.7 Å². The van der Waals surface area contributed by atoms with E-state index in [0.717, 1.165) is 28.2 Å². The van der Waals surface area contributed by atoms with Crippen molar-refractivity contribution in [2.45, 2.75) is 20.0 Å². The van der Waals surface area contributed by atoms with Crippen LogP contribution in [0.4, 0.5) is 5.69 Å². The minimum absolute atomic E-state index is 0.182. The van der Waals surface area contributed by atoms with Crippen LogP contribution in [-0.2, 0) is 0 Å². The summed E-state index contributed by atoms with van der Waals surface area (Å²) in [6.07, 6.45) is -0.182. The Morgan fingerprint density at radius 1 is 1.09 bits per heavy atom. The average molecular weight is 344 g/mol. The first-order valence-corrected chi connectivity index (χ1v) is 8.18. The van der Waals surface area contributed by atoms with Crippen molar-refractivity contribution < 1.29 is 0 Å². The number of hydrogen-bond donors (Lipinski definition) is 1. The minimum atomic E-state index is -0.182. The van der Waals surface area contributed by atoms with Gasteiger partial charge in [-0.25, -0.2) is 4.68 Å². The fourth-order valence-electron chi connectivity index (χ4n) is 3.13. The van der Waals surface area contributed by atoms with Crippen molar-refractivity contribution >= 4 is 28.9 Å². The largest absolute Gasteiger partial charge is 0.359 e. The minimum Gasteiger partial charge on any atom is -0.359 e. The summed E-state index contributed by atoms with van der Waals surface area (Å²) >= 11 is 12.7. The number of nitrogens with one attached hydrogen (secondary N) is 1. The van der Waals surface area contributed by atoms with E-state index in [0.29, 0.717) is 10.0 Å². The summed E-state index contributed by atoms with van der Waals surface area (Å²) in [4.78, 5) is 0. The predicted octanol–water partition coefficient (Wildman–Crippen LogP) is 5.45. The van der Waals surface area contributed by atoms with Gasteiger partial charge in [-0.3, -0.25) is 0 Å². The molecule has 3 aromatic rings. The molecule has 0 fully saturated rings. The molecule has 116 valence electrons. The molecule has 0 saturated heterocycles. The summed E-state index contributed by atoms with van der Waals surface area (Å²) < 4.78 is 1.98. The molecule has 0 amide bonds. The molecule has 0 radical (unpaired) electrons. The Bertz CT molecular complexity index is 915. The number of benzene rings is 2. The second-order valence-corrected chi connectivity index (χ2v) is 6.59. The summed E-state index contributed by atoms with van der Waals surface area (Å²) in [7, 11) is 0. The zero-order valence-electron chi connectivity index (χ0n) is 12.8. The highest BCUT2D eigenvalue weighted by atomic mass is 35.5. The number of halogens is 2. The van der Waals surface area contributed by atoms with E-state index in [1.165, 1.54) is 5.56 Å². The van der Waals surface area contributed by atoms with Gasteiger partial charge in [-0.2, -0.15) is 5.10 Å². The molecule has 4 rings (SSSR count). The van der Waals surface area contributed by atoms with Gasteiger partial charge in [0.25, 0.3) is 0 Å². The van der Waals surface area contributed by atoms with Crippen LogP contribution in [0.1, 0.15) is 23.0 Å². The molecule has 0 bridgehead atoms. The van der Waals surface area contributed by atoms with Crippen LogP contribution in [-0.4, -0.2) is 9.78 Å². The number of nitrogens with zero attached hydrogens (tertiary/aromatic N) is 2. The molecule has 2 aromatic carbocycles. The first-order chi connectivity index (χ1) is 11.1. The highest BCUT2D eigenvalue weighted by Gasteiger charge is 2.28. The van der Waals surface area contributed by atoms with Crippen molar-refractivity contribution in [2.75, 3.05) is 5.32 Å². The first kappa shape index (κ1) is 14.6. The lowest BCUT2D eigenvalue weighted by atomic mass is 10.0. The quantitative estimate of drug-likeness (QED) is 0.636. The van der Waals surface area contributed by atoms with Crippen LogP contribution in [0.25, 0.3) is 11.3 Å². The van der Waals surface area contributed by atoms with E-state index in [2.05, 4.69) is 41.6 Å². The molecule has 0 spiro atoms. The zero-order chi connectivity index (χ0) is 16.1. The molecule has 1 unspecified atom stereocenters. The summed E-state index contributed by atoms with van der Waals surface area (Å²) in [5.74, 6) is 0. The fourth-order valence-corrected chi connectivity index (χ4v) is 3.54. The van der Waals surface area contributed by atoms with E-state index in [-0.39, 0.29) is 6.17 Å². The molecule has 0 saturated carbocycles. The van der Waals surface area contributed by atoms with E-state index >= 15 is 0 Å². The monoisotopic (exact) mass is 343 g/mol. The lowest BCUT2D eigenvalue weighted by Crippen LogP contribution is -2.26. The zero-order valence-corrected chi connectivity index (χ0v) is 14.3. The van der Waals surface area contributed by atoms with E-state index in [9.17, 15) is 0 Å². The second-order valence-electron chi connectivity index (χ2n) is 5.80.